The number of benzene rings is 3. The van der Waals surface area contributed by atoms with Gasteiger partial charge < -0.3 is 10.4 Å². The Bertz CT molecular complexity index is 1190. The van der Waals surface area contributed by atoms with Crippen LogP contribution in [0.15, 0.2) is 78.9 Å². The van der Waals surface area contributed by atoms with E-state index in [9.17, 15) is 9.90 Å². The third kappa shape index (κ3) is 3.75. The molecule has 0 atom stereocenters. The Balaban J connectivity index is 1.86. The van der Waals surface area contributed by atoms with Gasteiger partial charge in [-0.3, -0.25) is 0 Å². The SMILES string of the molecule is Cc1cccc(-c2cc(Nc3ccccc3C(=O)O)n(-c3ccccc3C)n2)c1. The Kier molecular flexibility index (Phi) is 4.87. The van der Waals surface area contributed by atoms with Crippen LogP contribution in [-0.4, -0.2) is 20.9 Å². The second-order valence-electron chi connectivity index (χ2n) is 6.96. The van der Waals surface area contributed by atoms with Crippen LogP contribution >= 0.6 is 0 Å². The minimum atomic E-state index is -0.978. The molecule has 0 amide bonds. The van der Waals surface area contributed by atoms with Crippen molar-refractivity contribution < 1.29 is 9.90 Å². The predicted octanol–water partition coefficient (Wildman–Crippen LogP) is 5.60. The van der Waals surface area contributed by atoms with Gasteiger partial charge in [0.15, 0.2) is 0 Å². The lowest BCUT2D eigenvalue weighted by Crippen LogP contribution is -2.07. The van der Waals surface area contributed by atoms with Gasteiger partial charge in [0.25, 0.3) is 0 Å². The summed E-state index contributed by atoms with van der Waals surface area (Å²) >= 11 is 0. The van der Waals surface area contributed by atoms with Crippen molar-refractivity contribution in [2.24, 2.45) is 0 Å². The van der Waals surface area contributed by atoms with Crippen molar-refractivity contribution in [3.8, 4) is 16.9 Å². The first-order chi connectivity index (χ1) is 14.0. The molecule has 0 radical (unpaired) electrons. The average Bonchev–Trinajstić information content (AvgIpc) is 3.12. The maximum atomic E-state index is 11.6. The predicted molar refractivity (Wildman–Crippen MR) is 115 cm³/mol. The fraction of sp³-hybridized carbons (Fsp3) is 0.0833. The van der Waals surface area contributed by atoms with Crippen molar-refractivity contribution in [3.63, 3.8) is 0 Å². The van der Waals surface area contributed by atoms with E-state index >= 15 is 0 Å². The highest BCUT2D eigenvalue weighted by Gasteiger charge is 2.16. The molecule has 0 saturated carbocycles. The molecule has 2 N–H and O–H groups in total. The van der Waals surface area contributed by atoms with Crippen LogP contribution in [0.4, 0.5) is 11.5 Å². The topological polar surface area (TPSA) is 67.2 Å². The summed E-state index contributed by atoms with van der Waals surface area (Å²) in [4.78, 5) is 11.6. The van der Waals surface area contributed by atoms with Gasteiger partial charge in [0.05, 0.1) is 22.6 Å². The minimum Gasteiger partial charge on any atom is -0.478 e. The van der Waals surface area contributed by atoms with Crippen molar-refractivity contribution >= 4 is 17.5 Å². The second kappa shape index (κ2) is 7.64. The van der Waals surface area contributed by atoms with Gasteiger partial charge in [-0.05, 0) is 43.7 Å². The zero-order chi connectivity index (χ0) is 20.4. The van der Waals surface area contributed by atoms with Gasteiger partial charge in [-0.15, -0.1) is 0 Å². The highest BCUT2D eigenvalue weighted by atomic mass is 16.4. The lowest BCUT2D eigenvalue weighted by molar-refractivity contribution is 0.0698. The highest BCUT2D eigenvalue weighted by Crippen LogP contribution is 2.29. The van der Waals surface area contributed by atoms with E-state index in [2.05, 4.69) is 11.4 Å². The molecule has 0 bridgehead atoms. The maximum absolute atomic E-state index is 11.6. The first kappa shape index (κ1) is 18.5. The van der Waals surface area contributed by atoms with Gasteiger partial charge in [0, 0.05) is 11.6 Å². The summed E-state index contributed by atoms with van der Waals surface area (Å²) in [7, 11) is 0. The fourth-order valence-electron chi connectivity index (χ4n) is 3.32. The van der Waals surface area contributed by atoms with Crippen LogP contribution in [0.2, 0.25) is 0 Å². The van der Waals surface area contributed by atoms with E-state index in [1.165, 1.54) is 0 Å². The van der Waals surface area contributed by atoms with E-state index < -0.39 is 5.97 Å². The van der Waals surface area contributed by atoms with Crippen molar-refractivity contribution in [1.29, 1.82) is 0 Å². The molecule has 0 aliphatic heterocycles. The molecule has 5 heteroatoms. The number of hydrogen-bond donors (Lipinski definition) is 2. The third-order valence-corrected chi connectivity index (χ3v) is 4.79. The monoisotopic (exact) mass is 383 g/mol. The van der Waals surface area contributed by atoms with Gasteiger partial charge in [-0.2, -0.15) is 5.10 Å². The number of carboxylic acid groups (broad SMARTS) is 1. The fourth-order valence-corrected chi connectivity index (χ4v) is 3.32. The number of nitrogens with one attached hydrogen (secondary N) is 1. The number of nitrogens with zero attached hydrogens (tertiary/aromatic N) is 2. The number of carboxylic acids is 1. The van der Waals surface area contributed by atoms with Crippen molar-refractivity contribution in [3.05, 3.63) is 95.6 Å². The third-order valence-electron chi connectivity index (χ3n) is 4.79. The first-order valence-electron chi connectivity index (χ1n) is 9.35. The van der Waals surface area contributed by atoms with Crippen LogP contribution in [0.25, 0.3) is 16.9 Å². The Morgan fingerprint density at radius 1 is 0.931 bits per heavy atom. The molecule has 0 fully saturated rings. The van der Waals surface area contributed by atoms with E-state index in [1.807, 2.05) is 73.1 Å². The van der Waals surface area contributed by atoms with Gasteiger partial charge in [-0.1, -0.05) is 54.1 Å². The number of aromatic nitrogens is 2. The largest absolute Gasteiger partial charge is 0.478 e. The summed E-state index contributed by atoms with van der Waals surface area (Å²) in [5.41, 5.74) is 5.70. The summed E-state index contributed by atoms with van der Waals surface area (Å²) in [6, 6.07) is 24.9. The van der Waals surface area contributed by atoms with Crippen LogP contribution in [0.5, 0.6) is 0 Å². The van der Waals surface area contributed by atoms with E-state index in [0.717, 1.165) is 28.1 Å². The van der Waals surface area contributed by atoms with Crippen LogP contribution in [0.3, 0.4) is 0 Å². The standard InChI is InChI=1S/C24H21N3O2/c1-16-8-7-10-18(14-16)21-15-23(25-20-12-5-4-11-19(20)24(28)29)27(26-21)22-13-6-3-9-17(22)2/h3-15,25H,1-2H3,(H,28,29). The molecule has 29 heavy (non-hydrogen) atoms. The number of anilines is 2. The van der Waals surface area contributed by atoms with Gasteiger partial charge in [0.2, 0.25) is 0 Å². The lowest BCUT2D eigenvalue weighted by Gasteiger charge is -2.13. The van der Waals surface area contributed by atoms with Crippen molar-refractivity contribution in [2.75, 3.05) is 5.32 Å². The quantitative estimate of drug-likeness (QED) is 0.471. The molecule has 0 aliphatic carbocycles. The summed E-state index contributed by atoms with van der Waals surface area (Å²) in [5.74, 6) is -0.279. The zero-order valence-corrected chi connectivity index (χ0v) is 16.3. The summed E-state index contributed by atoms with van der Waals surface area (Å²) < 4.78 is 1.83. The number of rotatable bonds is 5. The molecule has 1 heterocycles. The van der Waals surface area contributed by atoms with Crippen LogP contribution in [0.1, 0.15) is 21.5 Å². The van der Waals surface area contributed by atoms with E-state index in [4.69, 9.17) is 5.10 Å². The Labute approximate surface area is 169 Å². The molecule has 1 aromatic heterocycles. The summed E-state index contributed by atoms with van der Waals surface area (Å²) in [6.45, 7) is 4.07. The average molecular weight is 383 g/mol. The van der Waals surface area contributed by atoms with Gasteiger partial charge in [0.1, 0.15) is 5.82 Å². The maximum Gasteiger partial charge on any atom is 0.337 e. The normalized spacial score (nSPS) is 10.7. The second-order valence-corrected chi connectivity index (χ2v) is 6.96. The van der Waals surface area contributed by atoms with E-state index in [0.29, 0.717) is 11.5 Å². The smallest absolute Gasteiger partial charge is 0.337 e. The van der Waals surface area contributed by atoms with Crippen LogP contribution < -0.4 is 5.32 Å². The van der Waals surface area contributed by atoms with Crippen molar-refractivity contribution in [2.45, 2.75) is 13.8 Å². The van der Waals surface area contributed by atoms with Crippen LogP contribution in [-0.2, 0) is 0 Å². The lowest BCUT2D eigenvalue weighted by atomic mass is 10.1. The number of para-hydroxylation sites is 2. The molecule has 0 spiro atoms. The van der Waals surface area contributed by atoms with Gasteiger partial charge >= 0.3 is 5.97 Å². The molecular formula is C24H21N3O2. The number of hydrogen-bond acceptors (Lipinski definition) is 3. The molecule has 4 rings (SSSR count). The molecule has 0 saturated heterocycles. The molecule has 3 aromatic carbocycles. The Morgan fingerprint density at radius 3 is 2.45 bits per heavy atom. The number of aromatic carboxylic acids is 1. The molecule has 0 aliphatic rings. The molecule has 0 unspecified atom stereocenters. The Morgan fingerprint density at radius 2 is 1.69 bits per heavy atom. The Hall–Kier alpha value is -3.86. The highest BCUT2D eigenvalue weighted by molar-refractivity contribution is 5.95. The van der Waals surface area contributed by atoms with Crippen LogP contribution in [0, 0.1) is 13.8 Å². The van der Waals surface area contributed by atoms with E-state index in [1.54, 1.807) is 18.2 Å². The molecule has 144 valence electrons. The summed E-state index contributed by atoms with van der Waals surface area (Å²) in [5, 5.41) is 17.6. The number of aryl methyl sites for hydroxylation is 2. The molecule has 5 nitrogen and oxygen atoms in total. The number of carbonyl (C=O) groups is 1. The van der Waals surface area contributed by atoms with Gasteiger partial charge in [-0.25, -0.2) is 9.48 Å². The summed E-state index contributed by atoms with van der Waals surface area (Å²) in [6.07, 6.45) is 0. The molecule has 4 aromatic rings. The minimum absolute atomic E-state index is 0.210. The van der Waals surface area contributed by atoms with E-state index in [-0.39, 0.29) is 5.56 Å². The molecular weight excluding hydrogens is 362 g/mol. The van der Waals surface area contributed by atoms with Crippen molar-refractivity contribution in [1.82, 2.24) is 9.78 Å². The first-order valence-corrected chi connectivity index (χ1v) is 9.35. The zero-order valence-electron chi connectivity index (χ0n) is 16.3.